The number of rotatable bonds is 2. The van der Waals surface area contributed by atoms with E-state index in [0.29, 0.717) is 11.6 Å². The Morgan fingerprint density at radius 1 is 1.11 bits per heavy atom. The largest absolute Gasteiger partial charge is 0.366 e. The molecular weight excluding hydrogens is 246 g/mol. The molecule has 0 bridgehead atoms. The Kier molecular flexibility index (Phi) is 2.48. The van der Waals surface area contributed by atoms with Crippen LogP contribution in [0.25, 0.3) is 23.1 Å². The molecule has 3 aromatic rings. The van der Waals surface area contributed by atoms with Gasteiger partial charge in [0.25, 0.3) is 5.89 Å². The first kappa shape index (κ1) is 11.3. The predicted molar refractivity (Wildman–Crippen MR) is 66.8 cm³/mol. The number of nitrogens with one attached hydrogen (secondary N) is 1. The Labute approximate surface area is 108 Å². The zero-order valence-electron chi connectivity index (χ0n) is 10.4. The van der Waals surface area contributed by atoms with E-state index in [1.807, 2.05) is 26.0 Å². The predicted octanol–water partition coefficient (Wildman–Crippen LogP) is 1.12. The first-order chi connectivity index (χ1) is 9.11. The second-order valence-corrected chi connectivity index (χ2v) is 4.10. The molecule has 0 amide bonds. The highest BCUT2D eigenvalue weighted by Gasteiger charge is 2.14. The Morgan fingerprint density at radius 2 is 1.84 bits per heavy atom. The maximum Gasteiger partial charge on any atom is 0.295 e. The molecule has 0 fully saturated rings. The number of H-pyrrole nitrogens is 1. The summed E-state index contributed by atoms with van der Waals surface area (Å²) in [6.45, 7) is 3.82. The smallest absolute Gasteiger partial charge is 0.295 e. The molecule has 3 aromatic heterocycles. The van der Waals surface area contributed by atoms with Crippen molar-refractivity contribution in [2.24, 2.45) is 0 Å². The van der Waals surface area contributed by atoms with Gasteiger partial charge in [-0.2, -0.15) is 9.97 Å². The SMILES string of the molecule is Cc1cc(-c2noc(-c3nc(N)n[nH]3)n2)cc(C)n1. The molecule has 0 saturated carbocycles. The van der Waals surface area contributed by atoms with Crippen LogP contribution in [0.5, 0.6) is 0 Å². The fourth-order valence-electron chi connectivity index (χ4n) is 1.77. The minimum absolute atomic E-state index is 0.130. The van der Waals surface area contributed by atoms with Crippen LogP contribution < -0.4 is 5.73 Å². The lowest BCUT2D eigenvalue weighted by Crippen LogP contribution is -1.89. The lowest BCUT2D eigenvalue weighted by atomic mass is 10.2. The van der Waals surface area contributed by atoms with Crippen molar-refractivity contribution in [2.75, 3.05) is 5.73 Å². The van der Waals surface area contributed by atoms with Crippen LogP contribution in [0.15, 0.2) is 16.7 Å². The number of anilines is 1. The Balaban J connectivity index is 2.01. The highest BCUT2D eigenvalue weighted by atomic mass is 16.5. The van der Waals surface area contributed by atoms with E-state index in [1.54, 1.807) is 0 Å². The monoisotopic (exact) mass is 257 g/mol. The molecule has 0 spiro atoms. The Morgan fingerprint density at radius 3 is 2.47 bits per heavy atom. The van der Waals surface area contributed by atoms with Crippen molar-refractivity contribution in [3.05, 3.63) is 23.5 Å². The minimum Gasteiger partial charge on any atom is -0.366 e. The van der Waals surface area contributed by atoms with Gasteiger partial charge in [-0.05, 0) is 26.0 Å². The van der Waals surface area contributed by atoms with Crippen molar-refractivity contribution in [3.8, 4) is 23.1 Å². The summed E-state index contributed by atoms with van der Waals surface area (Å²) in [5, 5.41) is 10.2. The average Bonchev–Trinajstić information content (AvgIpc) is 2.95. The summed E-state index contributed by atoms with van der Waals surface area (Å²) in [5.41, 5.74) is 8.05. The van der Waals surface area contributed by atoms with Crippen molar-refractivity contribution in [1.29, 1.82) is 0 Å². The number of nitrogens with two attached hydrogens (primary N) is 1. The summed E-state index contributed by atoms with van der Waals surface area (Å²) in [5.74, 6) is 1.19. The van der Waals surface area contributed by atoms with E-state index in [4.69, 9.17) is 10.3 Å². The van der Waals surface area contributed by atoms with Crippen molar-refractivity contribution in [1.82, 2.24) is 30.3 Å². The van der Waals surface area contributed by atoms with Crippen LogP contribution in [0.2, 0.25) is 0 Å². The number of aryl methyl sites for hydroxylation is 2. The molecule has 0 radical (unpaired) electrons. The number of aromatic nitrogens is 6. The van der Waals surface area contributed by atoms with Crippen LogP contribution in [-0.4, -0.2) is 30.3 Å². The molecule has 0 unspecified atom stereocenters. The van der Waals surface area contributed by atoms with Gasteiger partial charge in [0.05, 0.1) is 0 Å². The van der Waals surface area contributed by atoms with Gasteiger partial charge < -0.3 is 10.3 Å². The number of hydrogen-bond donors (Lipinski definition) is 2. The van der Waals surface area contributed by atoms with Gasteiger partial charge in [-0.1, -0.05) is 5.16 Å². The molecule has 96 valence electrons. The van der Waals surface area contributed by atoms with Crippen LogP contribution >= 0.6 is 0 Å². The van der Waals surface area contributed by atoms with E-state index in [0.717, 1.165) is 17.0 Å². The van der Waals surface area contributed by atoms with Crippen LogP contribution in [0.1, 0.15) is 11.4 Å². The molecule has 8 heteroatoms. The van der Waals surface area contributed by atoms with Gasteiger partial charge >= 0.3 is 0 Å². The summed E-state index contributed by atoms with van der Waals surface area (Å²) >= 11 is 0. The van der Waals surface area contributed by atoms with E-state index >= 15 is 0 Å². The van der Waals surface area contributed by atoms with Gasteiger partial charge in [-0.3, -0.25) is 10.1 Å². The van der Waals surface area contributed by atoms with Gasteiger partial charge in [0.15, 0.2) is 0 Å². The molecular formula is C11H11N7O. The van der Waals surface area contributed by atoms with Crippen LogP contribution in [0.4, 0.5) is 5.95 Å². The summed E-state index contributed by atoms with van der Waals surface area (Å²) in [4.78, 5) is 12.5. The molecule has 0 aromatic carbocycles. The summed E-state index contributed by atoms with van der Waals surface area (Å²) < 4.78 is 5.13. The van der Waals surface area contributed by atoms with E-state index in [2.05, 4.69) is 30.3 Å². The number of nitrogen functional groups attached to an aromatic ring is 1. The second-order valence-electron chi connectivity index (χ2n) is 4.10. The van der Waals surface area contributed by atoms with Crippen LogP contribution in [0.3, 0.4) is 0 Å². The summed E-state index contributed by atoms with van der Waals surface area (Å²) in [6, 6.07) is 3.77. The summed E-state index contributed by atoms with van der Waals surface area (Å²) in [6.07, 6.45) is 0. The zero-order chi connectivity index (χ0) is 13.4. The highest BCUT2D eigenvalue weighted by molar-refractivity contribution is 5.57. The molecule has 3 heterocycles. The fraction of sp³-hybridized carbons (Fsp3) is 0.182. The molecule has 3 rings (SSSR count). The van der Waals surface area contributed by atoms with Gasteiger partial charge in [0.1, 0.15) is 0 Å². The molecule has 0 aliphatic rings. The zero-order valence-corrected chi connectivity index (χ0v) is 10.4. The highest BCUT2D eigenvalue weighted by Crippen LogP contribution is 2.21. The van der Waals surface area contributed by atoms with Crippen molar-refractivity contribution in [3.63, 3.8) is 0 Å². The maximum atomic E-state index is 5.42. The molecule has 19 heavy (non-hydrogen) atoms. The average molecular weight is 257 g/mol. The summed E-state index contributed by atoms with van der Waals surface area (Å²) in [7, 11) is 0. The van der Waals surface area contributed by atoms with Crippen molar-refractivity contribution in [2.45, 2.75) is 13.8 Å². The van der Waals surface area contributed by atoms with E-state index < -0.39 is 0 Å². The maximum absolute atomic E-state index is 5.42. The second kappa shape index (κ2) is 4.16. The van der Waals surface area contributed by atoms with E-state index in [1.165, 1.54) is 0 Å². The molecule has 0 atom stereocenters. The number of nitrogens with zero attached hydrogens (tertiary/aromatic N) is 5. The van der Waals surface area contributed by atoms with Gasteiger partial charge in [-0.15, -0.1) is 5.10 Å². The normalized spacial score (nSPS) is 10.8. The molecule has 0 saturated heterocycles. The third-order valence-corrected chi connectivity index (χ3v) is 2.47. The minimum atomic E-state index is 0.130. The first-order valence-electron chi connectivity index (χ1n) is 5.59. The molecule has 3 N–H and O–H groups in total. The number of pyridine rings is 1. The third kappa shape index (κ3) is 2.15. The standard InChI is InChI=1S/C11H11N7O/c1-5-3-7(4-6(2)13-5)8-14-10(19-18-8)9-15-11(12)17-16-9/h3-4H,1-2H3,(H3,12,15,16,17). The lowest BCUT2D eigenvalue weighted by molar-refractivity contribution is 0.429. The first-order valence-corrected chi connectivity index (χ1v) is 5.59. The fourth-order valence-corrected chi connectivity index (χ4v) is 1.77. The topological polar surface area (TPSA) is 119 Å². The molecule has 0 aliphatic heterocycles. The molecule has 8 nitrogen and oxygen atoms in total. The van der Waals surface area contributed by atoms with E-state index in [-0.39, 0.29) is 11.8 Å². The Hall–Kier alpha value is -2.77. The Bertz CT molecular complexity index is 710. The van der Waals surface area contributed by atoms with Crippen LogP contribution in [0, 0.1) is 13.8 Å². The van der Waals surface area contributed by atoms with Gasteiger partial charge in [0, 0.05) is 17.0 Å². The lowest BCUT2D eigenvalue weighted by Gasteiger charge is -1.98. The van der Waals surface area contributed by atoms with E-state index in [9.17, 15) is 0 Å². The van der Waals surface area contributed by atoms with Crippen LogP contribution in [-0.2, 0) is 0 Å². The molecule has 0 aliphatic carbocycles. The number of aromatic amines is 1. The van der Waals surface area contributed by atoms with Crippen molar-refractivity contribution < 1.29 is 4.52 Å². The van der Waals surface area contributed by atoms with Gasteiger partial charge in [0.2, 0.25) is 17.6 Å². The third-order valence-electron chi connectivity index (χ3n) is 2.47. The number of hydrogen-bond acceptors (Lipinski definition) is 7. The van der Waals surface area contributed by atoms with Gasteiger partial charge in [-0.25, -0.2) is 0 Å². The van der Waals surface area contributed by atoms with Crippen molar-refractivity contribution >= 4 is 5.95 Å². The quantitative estimate of drug-likeness (QED) is 0.705.